The van der Waals surface area contributed by atoms with Crippen molar-refractivity contribution in [3.8, 4) is 0 Å². The molecule has 0 radical (unpaired) electrons. The lowest BCUT2D eigenvalue weighted by Crippen LogP contribution is -2.60. The maximum atomic E-state index is 14.5. The number of aliphatic carboxylic acids is 1. The number of amides is 2. The van der Waals surface area contributed by atoms with Gasteiger partial charge in [-0.2, -0.15) is 0 Å². The molecule has 3 saturated heterocycles. The van der Waals surface area contributed by atoms with E-state index in [-0.39, 0.29) is 25.0 Å². The topological polar surface area (TPSA) is 111 Å². The van der Waals surface area contributed by atoms with Crippen LogP contribution in [-0.2, 0) is 19.1 Å². The number of benzene rings is 1. The zero-order chi connectivity index (χ0) is 27.8. The molecule has 0 aliphatic carbocycles. The maximum absolute atomic E-state index is 14.5. The molecule has 0 aromatic heterocycles. The van der Waals surface area contributed by atoms with Gasteiger partial charge in [0.15, 0.2) is 0 Å². The quantitative estimate of drug-likeness (QED) is 0.402. The average Bonchev–Trinajstić information content (AvgIpc) is 3.56. The second-order valence-corrected chi connectivity index (χ2v) is 10.7. The first-order valence-electron chi connectivity index (χ1n) is 13.8. The molecule has 9 heteroatoms. The number of hydrogen-bond acceptors (Lipinski definition) is 6. The van der Waals surface area contributed by atoms with E-state index in [0.717, 1.165) is 18.8 Å². The number of aliphatic hydroxyl groups is 1. The van der Waals surface area contributed by atoms with Crippen molar-refractivity contribution in [3.05, 3.63) is 36.9 Å². The minimum Gasteiger partial charge on any atom is -0.481 e. The van der Waals surface area contributed by atoms with Gasteiger partial charge in [0.2, 0.25) is 5.91 Å². The Bertz CT molecular complexity index is 1060. The molecule has 1 aromatic carbocycles. The average molecular weight is 528 g/mol. The highest BCUT2D eigenvalue weighted by molar-refractivity contribution is 6.04. The fourth-order valence-corrected chi connectivity index (χ4v) is 6.86. The number of carbonyl (C=O) groups is 3. The zero-order valence-electron chi connectivity index (χ0n) is 22.9. The molecule has 3 aliphatic rings. The maximum Gasteiger partial charge on any atom is 0.310 e. The monoisotopic (exact) mass is 527 g/mol. The molecular weight excluding hydrogens is 486 g/mol. The minimum absolute atomic E-state index is 0.101. The van der Waals surface area contributed by atoms with Crippen LogP contribution in [0, 0.1) is 17.8 Å². The van der Waals surface area contributed by atoms with Crippen molar-refractivity contribution in [1.29, 1.82) is 0 Å². The summed E-state index contributed by atoms with van der Waals surface area (Å²) in [4.78, 5) is 46.1. The Morgan fingerprint density at radius 2 is 1.84 bits per heavy atom. The van der Waals surface area contributed by atoms with E-state index in [1.165, 1.54) is 4.90 Å². The van der Waals surface area contributed by atoms with E-state index in [1.807, 2.05) is 38.1 Å². The minimum atomic E-state index is -1.23. The first kappa shape index (κ1) is 28.1. The van der Waals surface area contributed by atoms with Gasteiger partial charge in [0, 0.05) is 31.0 Å². The van der Waals surface area contributed by atoms with E-state index < -0.39 is 47.5 Å². The van der Waals surface area contributed by atoms with Crippen molar-refractivity contribution >= 4 is 29.2 Å². The van der Waals surface area contributed by atoms with Gasteiger partial charge in [-0.25, -0.2) is 0 Å². The zero-order valence-corrected chi connectivity index (χ0v) is 22.9. The molecule has 1 aromatic rings. The van der Waals surface area contributed by atoms with Crippen molar-refractivity contribution in [2.24, 2.45) is 17.8 Å². The van der Waals surface area contributed by atoms with Gasteiger partial charge < -0.3 is 29.6 Å². The summed E-state index contributed by atoms with van der Waals surface area (Å²) < 4.78 is 6.34. The number of likely N-dealkylation sites (tertiary alicyclic amines) is 1. The number of carbonyl (C=O) groups excluding carboxylic acids is 2. The van der Waals surface area contributed by atoms with Gasteiger partial charge in [-0.15, -0.1) is 6.58 Å². The van der Waals surface area contributed by atoms with Gasteiger partial charge in [0.1, 0.15) is 11.6 Å². The second-order valence-electron chi connectivity index (χ2n) is 10.7. The van der Waals surface area contributed by atoms with Crippen molar-refractivity contribution in [2.75, 3.05) is 36.0 Å². The summed E-state index contributed by atoms with van der Waals surface area (Å²) in [7, 11) is 0. The molecule has 0 saturated carbocycles. The summed E-state index contributed by atoms with van der Waals surface area (Å²) in [5.41, 5.74) is 0.466. The lowest BCUT2D eigenvalue weighted by Gasteiger charge is -2.41. The summed E-state index contributed by atoms with van der Waals surface area (Å²) in [6.45, 7) is 13.5. The number of carboxylic acid groups (broad SMARTS) is 1. The number of aliphatic hydroxyl groups excluding tert-OH is 1. The Morgan fingerprint density at radius 1 is 1.21 bits per heavy atom. The molecule has 3 fully saturated rings. The van der Waals surface area contributed by atoms with Crippen LogP contribution in [0.25, 0.3) is 0 Å². The number of ether oxygens (including phenoxy) is 1. The number of rotatable bonds is 12. The Kier molecular flexibility index (Phi) is 8.18. The molecule has 2 bridgehead atoms. The highest BCUT2D eigenvalue weighted by Crippen LogP contribution is 2.59. The lowest BCUT2D eigenvalue weighted by molar-refractivity contribution is -0.151. The van der Waals surface area contributed by atoms with Gasteiger partial charge in [0.25, 0.3) is 5.91 Å². The van der Waals surface area contributed by atoms with Gasteiger partial charge >= 0.3 is 5.97 Å². The van der Waals surface area contributed by atoms with Crippen molar-refractivity contribution in [1.82, 2.24) is 4.90 Å². The fourth-order valence-electron chi connectivity index (χ4n) is 6.86. The van der Waals surface area contributed by atoms with E-state index in [9.17, 15) is 24.6 Å². The van der Waals surface area contributed by atoms with Crippen LogP contribution in [0.4, 0.5) is 11.4 Å². The van der Waals surface area contributed by atoms with Crippen LogP contribution >= 0.6 is 0 Å². The highest BCUT2D eigenvalue weighted by atomic mass is 16.5. The summed E-state index contributed by atoms with van der Waals surface area (Å²) in [5, 5.41) is 20.4. The molecular formula is C29H41N3O6. The Hall–Kier alpha value is -2.91. The van der Waals surface area contributed by atoms with E-state index in [4.69, 9.17) is 4.74 Å². The van der Waals surface area contributed by atoms with Gasteiger partial charge in [-0.3, -0.25) is 14.4 Å². The van der Waals surface area contributed by atoms with Gasteiger partial charge in [-0.1, -0.05) is 26.3 Å². The van der Waals surface area contributed by atoms with E-state index >= 15 is 0 Å². The third kappa shape index (κ3) is 4.29. The molecule has 3 aliphatic heterocycles. The third-order valence-corrected chi connectivity index (χ3v) is 8.97. The first-order valence-corrected chi connectivity index (χ1v) is 13.8. The predicted molar refractivity (Wildman–Crippen MR) is 145 cm³/mol. The van der Waals surface area contributed by atoms with Crippen LogP contribution in [0.15, 0.2) is 36.9 Å². The predicted octanol–water partition coefficient (Wildman–Crippen LogP) is 2.92. The smallest absolute Gasteiger partial charge is 0.310 e. The van der Waals surface area contributed by atoms with Crippen LogP contribution in [0.5, 0.6) is 0 Å². The normalized spacial score (nSPS) is 29.2. The summed E-state index contributed by atoms with van der Waals surface area (Å²) >= 11 is 0. The van der Waals surface area contributed by atoms with Crippen LogP contribution < -0.4 is 9.80 Å². The highest BCUT2D eigenvalue weighted by Gasteiger charge is 2.75. The molecule has 2 N–H and O–H groups in total. The van der Waals surface area contributed by atoms with Crippen molar-refractivity contribution in [3.63, 3.8) is 0 Å². The molecule has 3 heterocycles. The molecule has 208 valence electrons. The van der Waals surface area contributed by atoms with Crippen LogP contribution in [0.1, 0.15) is 47.0 Å². The van der Waals surface area contributed by atoms with E-state index in [1.54, 1.807) is 11.0 Å². The van der Waals surface area contributed by atoms with E-state index in [0.29, 0.717) is 24.9 Å². The lowest BCUT2D eigenvalue weighted by atomic mass is 9.70. The number of hydrogen-bond donors (Lipinski definition) is 2. The number of carboxylic acids is 1. The Balaban J connectivity index is 1.79. The second kappa shape index (κ2) is 11.1. The number of fused-ring (bicyclic) bond motifs is 1. The van der Waals surface area contributed by atoms with Crippen LogP contribution in [-0.4, -0.2) is 82.9 Å². The van der Waals surface area contributed by atoms with Crippen LogP contribution in [0.3, 0.4) is 0 Å². The number of nitrogens with zero attached hydrogens (tertiary/aromatic N) is 3. The van der Waals surface area contributed by atoms with Crippen molar-refractivity contribution < 1.29 is 29.3 Å². The van der Waals surface area contributed by atoms with E-state index in [2.05, 4.69) is 25.3 Å². The summed E-state index contributed by atoms with van der Waals surface area (Å²) in [5.74, 6) is -3.90. The molecule has 7 atom stereocenters. The van der Waals surface area contributed by atoms with Crippen LogP contribution in [0.2, 0.25) is 0 Å². The summed E-state index contributed by atoms with van der Waals surface area (Å²) in [6.07, 6.45) is 2.62. The largest absolute Gasteiger partial charge is 0.481 e. The summed E-state index contributed by atoms with van der Waals surface area (Å²) in [6, 6.07) is 6.04. The molecule has 2 unspecified atom stereocenters. The SMILES string of the molecule is C=CCN(C(=O)C1N([C@@H](CO)[C@@H](C)CC)C(=O)[C@@H]2[C@@H](C(=O)O)[C@H]3CCC12O3)c1ccc(N(CC)CC)cc1. The van der Waals surface area contributed by atoms with Gasteiger partial charge in [0.05, 0.1) is 30.6 Å². The standard InChI is InChI=1S/C29H41N3O6/c1-6-16-31(20-12-10-19(11-13-20)30(8-3)9-4)27(35)25-29-15-14-22(38-29)23(28(36)37)24(29)26(34)32(25)21(17-33)18(5)7-2/h6,10-13,18,21-25,33H,1,7-9,14-17H2,2-5H3,(H,36,37)/t18-,21-,22+,23-,24-,25?,29?/m0/s1. The molecule has 4 rings (SSSR count). The van der Waals surface area contributed by atoms with Gasteiger partial charge in [-0.05, 0) is 56.9 Å². The Morgan fingerprint density at radius 3 is 2.37 bits per heavy atom. The molecule has 9 nitrogen and oxygen atoms in total. The Labute approximate surface area is 225 Å². The third-order valence-electron chi connectivity index (χ3n) is 8.97. The molecule has 2 amide bonds. The van der Waals surface area contributed by atoms with Crippen molar-refractivity contribution in [2.45, 2.75) is 70.7 Å². The number of anilines is 2. The molecule has 1 spiro atoms. The fraction of sp³-hybridized carbons (Fsp3) is 0.621. The first-order chi connectivity index (χ1) is 18.2. The molecule has 38 heavy (non-hydrogen) atoms.